The Kier molecular flexibility index (Phi) is 6.06. The van der Waals surface area contributed by atoms with Gasteiger partial charge >= 0.3 is 0 Å². The van der Waals surface area contributed by atoms with Crippen LogP contribution < -0.4 is 5.73 Å². The van der Waals surface area contributed by atoms with E-state index in [0.29, 0.717) is 6.04 Å². The number of unbranched alkanes of at least 4 members (excludes halogenated alkanes) is 2. The van der Waals surface area contributed by atoms with E-state index in [-0.39, 0.29) is 0 Å². The normalized spacial score (nSPS) is 13.7. The predicted octanol–water partition coefficient (Wildman–Crippen LogP) is 2.30. The largest absolute Gasteiger partial charge is 0.328 e. The summed E-state index contributed by atoms with van der Waals surface area (Å²) in [5.41, 5.74) is 5.71. The first-order valence-electron chi connectivity index (χ1n) is 4.06. The highest BCUT2D eigenvalue weighted by Crippen LogP contribution is 2.02. The van der Waals surface area contributed by atoms with Gasteiger partial charge in [-0.05, 0) is 12.8 Å². The Morgan fingerprint density at radius 1 is 1.22 bits per heavy atom. The molecular weight excluding hydrogens is 110 g/mol. The average molecular weight is 129 g/mol. The Hall–Kier alpha value is -0.0400. The van der Waals surface area contributed by atoms with E-state index in [1.165, 1.54) is 25.7 Å². The molecule has 9 heavy (non-hydrogen) atoms. The van der Waals surface area contributed by atoms with Gasteiger partial charge in [-0.25, -0.2) is 0 Å². The van der Waals surface area contributed by atoms with Gasteiger partial charge in [0.1, 0.15) is 0 Å². The fourth-order valence-corrected chi connectivity index (χ4v) is 0.861. The molecule has 56 valence electrons. The molecule has 0 aliphatic heterocycles. The lowest BCUT2D eigenvalue weighted by atomic mass is 10.1. The molecule has 1 heteroatoms. The third-order valence-electron chi connectivity index (χ3n) is 1.70. The lowest BCUT2D eigenvalue weighted by Crippen LogP contribution is -2.17. The van der Waals surface area contributed by atoms with Gasteiger partial charge in [0.15, 0.2) is 0 Å². The second kappa shape index (κ2) is 6.09. The summed E-state index contributed by atoms with van der Waals surface area (Å²) >= 11 is 0. The Morgan fingerprint density at radius 2 is 1.89 bits per heavy atom. The van der Waals surface area contributed by atoms with Crippen LogP contribution in [-0.4, -0.2) is 6.04 Å². The average Bonchev–Trinajstić information content (AvgIpc) is 1.89. The first kappa shape index (κ1) is 8.96. The number of nitrogens with two attached hydrogens (primary N) is 1. The van der Waals surface area contributed by atoms with Crippen LogP contribution in [0.4, 0.5) is 0 Å². The van der Waals surface area contributed by atoms with Gasteiger partial charge in [-0.15, -0.1) is 0 Å². The zero-order valence-corrected chi connectivity index (χ0v) is 6.69. The molecule has 0 spiro atoms. The van der Waals surface area contributed by atoms with E-state index in [1.807, 2.05) is 0 Å². The fraction of sp³-hybridized carbons (Fsp3) is 1.00. The van der Waals surface area contributed by atoms with Crippen molar-refractivity contribution in [2.24, 2.45) is 5.73 Å². The van der Waals surface area contributed by atoms with Crippen LogP contribution in [-0.2, 0) is 0 Å². The Bertz CT molecular complexity index is 52.5. The quantitative estimate of drug-likeness (QED) is 0.566. The van der Waals surface area contributed by atoms with E-state index >= 15 is 0 Å². The van der Waals surface area contributed by atoms with Gasteiger partial charge in [0.05, 0.1) is 0 Å². The summed E-state index contributed by atoms with van der Waals surface area (Å²) in [5, 5.41) is 0. The van der Waals surface area contributed by atoms with Crippen molar-refractivity contribution >= 4 is 0 Å². The van der Waals surface area contributed by atoms with Crippen LogP contribution in [0.3, 0.4) is 0 Å². The molecule has 0 bridgehead atoms. The minimum atomic E-state index is 0.455. The summed E-state index contributed by atoms with van der Waals surface area (Å²) in [6.45, 7) is 4.37. The molecule has 0 aliphatic carbocycles. The van der Waals surface area contributed by atoms with Crippen LogP contribution >= 0.6 is 0 Å². The molecule has 0 heterocycles. The smallest absolute Gasteiger partial charge is 0.00362 e. The molecule has 0 aromatic rings. The Balaban J connectivity index is 2.88. The van der Waals surface area contributed by atoms with Gasteiger partial charge < -0.3 is 5.73 Å². The predicted molar refractivity (Wildman–Crippen MR) is 42.4 cm³/mol. The highest BCUT2D eigenvalue weighted by molar-refractivity contribution is 4.56. The van der Waals surface area contributed by atoms with E-state index in [1.54, 1.807) is 0 Å². The van der Waals surface area contributed by atoms with Gasteiger partial charge in [-0.3, -0.25) is 0 Å². The minimum Gasteiger partial charge on any atom is -0.328 e. The maximum Gasteiger partial charge on any atom is 0.00362 e. The molecule has 0 radical (unpaired) electrons. The van der Waals surface area contributed by atoms with Crippen molar-refractivity contribution in [2.75, 3.05) is 0 Å². The SMILES string of the molecule is CCCCC[C@@H](N)CC. The molecule has 0 saturated carbocycles. The van der Waals surface area contributed by atoms with Crippen LogP contribution in [0.2, 0.25) is 0 Å². The van der Waals surface area contributed by atoms with Crippen molar-refractivity contribution in [1.82, 2.24) is 0 Å². The van der Waals surface area contributed by atoms with Crippen molar-refractivity contribution in [2.45, 2.75) is 52.0 Å². The van der Waals surface area contributed by atoms with Crippen molar-refractivity contribution in [3.8, 4) is 0 Å². The molecule has 1 nitrogen and oxygen atoms in total. The molecule has 0 aromatic carbocycles. The maximum absolute atomic E-state index is 5.71. The minimum absolute atomic E-state index is 0.455. The number of rotatable bonds is 5. The standard InChI is InChI=1S/C8H19N/c1-3-5-6-7-8(9)4-2/h8H,3-7,9H2,1-2H3/t8-/m0/s1. The lowest BCUT2D eigenvalue weighted by Gasteiger charge is -2.05. The highest BCUT2D eigenvalue weighted by Gasteiger charge is 1.95. The topological polar surface area (TPSA) is 26.0 Å². The number of hydrogen-bond donors (Lipinski definition) is 1. The van der Waals surface area contributed by atoms with E-state index in [9.17, 15) is 0 Å². The number of hydrogen-bond acceptors (Lipinski definition) is 1. The summed E-state index contributed by atoms with van der Waals surface area (Å²) in [4.78, 5) is 0. The Morgan fingerprint density at radius 3 is 2.33 bits per heavy atom. The van der Waals surface area contributed by atoms with Gasteiger partial charge in [-0.1, -0.05) is 33.1 Å². The summed E-state index contributed by atoms with van der Waals surface area (Å²) in [6, 6.07) is 0.455. The molecule has 1 atom stereocenters. The van der Waals surface area contributed by atoms with Crippen LogP contribution in [0.25, 0.3) is 0 Å². The van der Waals surface area contributed by atoms with Crippen LogP contribution in [0.15, 0.2) is 0 Å². The monoisotopic (exact) mass is 129 g/mol. The van der Waals surface area contributed by atoms with E-state index < -0.39 is 0 Å². The first-order chi connectivity index (χ1) is 4.31. The van der Waals surface area contributed by atoms with Gasteiger partial charge in [-0.2, -0.15) is 0 Å². The third kappa shape index (κ3) is 5.84. The third-order valence-corrected chi connectivity index (χ3v) is 1.70. The fourth-order valence-electron chi connectivity index (χ4n) is 0.861. The highest BCUT2D eigenvalue weighted by atomic mass is 14.6. The zero-order valence-electron chi connectivity index (χ0n) is 6.69. The second-order valence-corrected chi connectivity index (χ2v) is 2.66. The lowest BCUT2D eigenvalue weighted by molar-refractivity contribution is 0.547. The molecule has 0 saturated heterocycles. The molecule has 0 fully saturated rings. The second-order valence-electron chi connectivity index (χ2n) is 2.66. The van der Waals surface area contributed by atoms with E-state index in [0.717, 1.165) is 6.42 Å². The summed E-state index contributed by atoms with van der Waals surface area (Å²) in [6.07, 6.45) is 6.30. The molecule has 0 amide bonds. The Labute approximate surface area is 58.6 Å². The summed E-state index contributed by atoms with van der Waals surface area (Å²) in [5.74, 6) is 0. The van der Waals surface area contributed by atoms with Gasteiger partial charge in [0.25, 0.3) is 0 Å². The van der Waals surface area contributed by atoms with Crippen molar-refractivity contribution in [3.05, 3.63) is 0 Å². The van der Waals surface area contributed by atoms with Gasteiger partial charge in [0, 0.05) is 6.04 Å². The molecule has 0 aromatic heterocycles. The van der Waals surface area contributed by atoms with Crippen LogP contribution in [0, 0.1) is 0 Å². The molecule has 0 aliphatic rings. The van der Waals surface area contributed by atoms with Crippen molar-refractivity contribution in [1.29, 1.82) is 0 Å². The summed E-state index contributed by atoms with van der Waals surface area (Å²) < 4.78 is 0. The maximum atomic E-state index is 5.71. The molecular formula is C8H19N. The molecule has 0 rings (SSSR count). The van der Waals surface area contributed by atoms with Crippen LogP contribution in [0.5, 0.6) is 0 Å². The zero-order chi connectivity index (χ0) is 7.11. The van der Waals surface area contributed by atoms with E-state index in [2.05, 4.69) is 13.8 Å². The van der Waals surface area contributed by atoms with Gasteiger partial charge in [0.2, 0.25) is 0 Å². The molecule has 2 N–H and O–H groups in total. The summed E-state index contributed by atoms with van der Waals surface area (Å²) in [7, 11) is 0. The molecule has 0 unspecified atom stereocenters. The van der Waals surface area contributed by atoms with Crippen LogP contribution in [0.1, 0.15) is 46.0 Å². The van der Waals surface area contributed by atoms with Crippen molar-refractivity contribution in [3.63, 3.8) is 0 Å². The first-order valence-corrected chi connectivity index (χ1v) is 4.06. The van der Waals surface area contributed by atoms with Crippen molar-refractivity contribution < 1.29 is 0 Å². The van der Waals surface area contributed by atoms with E-state index in [4.69, 9.17) is 5.73 Å².